The molecule has 0 radical (unpaired) electrons. The van der Waals surface area contributed by atoms with Crippen molar-refractivity contribution >= 4 is 0 Å². The van der Waals surface area contributed by atoms with Gasteiger partial charge in [0, 0.05) is 17.8 Å². The number of benzene rings is 1. The van der Waals surface area contributed by atoms with E-state index in [1.165, 1.54) is 5.56 Å². The standard InChI is InChI=1S/C16H20N2O/c1-12(18(2)3)14-4-6-15(7-5-14)16-10-13(11-19)8-9-17-16/h4-10,12,19H,11H2,1-3H3/t12-/m0/s1. The Kier molecular flexibility index (Phi) is 4.30. The second-order valence-electron chi connectivity index (χ2n) is 4.97. The van der Waals surface area contributed by atoms with E-state index in [0.717, 1.165) is 16.8 Å². The molecule has 3 nitrogen and oxygen atoms in total. The van der Waals surface area contributed by atoms with E-state index in [0.29, 0.717) is 6.04 Å². The number of aliphatic hydroxyl groups excluding tert-OH is 1. The van der Waals surface area contributed by atoms with Gasteiger partial charge in [0.25, 0.3) is 0 Å². The molecule has 0 aliphatic rings. The number of nitrogens with zero attached hydrogens (tertiary/aromatic N) is 2. The normalized spacial score (nSPS) is 12.7. The molecule has 1 aromatic heterocycles. The summed E-state index contributed by atoms with van der Waals surface area (Å²) in [5.74, 6) is 0. The van der Waals surface area contributed by atoms with Crippen LogP contribution >= 0.6 is 0 Å². The zero-order valence-corrected chi connectivity index (χ0v) is 11.7. The van der Waals surface area contributed by atoms with Gasteiger partial charge in [0.05, 0.1) is 12.3 Å². The Morgan fingerprint density at radius 3 is 2.42 bits per heavy atom. The first kappa shape index (κ1) is 13.7. The molecule has 2 rings (SSSR count). The molecule has 1 atom stereocenters. The summed E-state index contributed by atoms with van der Waals surface area (Å²) in [5.41, 5.74) is 4.14. The van der Waals surface area contributed by atoms with Gasteiger partial charge in [0.1, 0.15) is 0 Å². The SMILES string of the molecule is C[C@@H](c1ccc(-c2cc(CO)ccn2)cc1)N(C)C. The highest BCUT2D eigenvalue weighted by molar-refractivity contribution is 5.60. The maximum Gasteiger partial charge on any atom is 0.0705 e. The largest absolute Gasteiger partial charge is 0.392 e. The summed E-state index contributed by atoms with van der Waals surface area (Å²) in [5, 5.41) is 9.15. The van der Waals surface area contributed by atoms with Gasteiger partial charge in [-0.1, -0.05) is 24.3 Å². The Morgan fingerprint density at radius 2 is 1.84 bits per heavy atom. The average molecular weight is 256 g/mol. The molecule has 0 spiro atoms. The zero-order chi connectivity index (χ0) is 13.8. The van der Waals surface area contributed by atoms with Crippen molar-refractivity contribution in [3.05, 3.63) is 53.7 Å². The topological polar surface area (TPSA) is 36.4 Å². The van der Waals surface area contributed by atoms with Gasteiger partial charge in [-0.15, -0.1) is 0 Å². The van der Waals surface area contributed by atoms with E-state index in [1.54, 1.807) is 6.20 Å². The molecule has 0 fully saturated rings. The van der Waals surface area contributed by atoms with E-state index in [9.17, 15) is 0 Å². The van der Waals surface area contributed by atoms with Crippen LogP contribution in [0.5, 0.6) is 0 Å². The van der Waals surface area contributed by atoms with Crippen LogP contribution in [0.25, 0.3) is 11.3 Å². The van der Waals surface area contributed by atoms with Gasteiger partial charge in [0.2, 0.25) is 0 Å². The first-order valence-electron chi connectivity index (χ1n) is 6.44. The van der Waals surface area contributed by atoms with E-state index in [4.69, 9.17) is 5.11 Å². The second-order valence-corrected chi connectivity index (χ2v) is 4.97. The van der Waals surface area contributed by atoms with Crippen LogP contribution < -0.4 is 0 Å². The Bertz CT molecular complexity index is 535. The minimum atomic E-state index is 0.0469. The van der Waals surface area contributed by atoms with Gasteiger partial charge in [-0.05, 0) is 44.3 Å². The highest BCUT2D eigenvalue weighted by Gasteiger charge is 2.08. The lowest BCUT2D eigenvalue weighted by Gasteiger charge is -2.20. The molecular formula is C16H20N2O. The maximum atomic E-state index is 9.15. The lowest BCUT2D eigenvalue weighted by Crippen LogP contribution is -2.16. The van der Waals surface area contributed by atoms with E-state index >= 15 is 0 Å². The first-order valence-corrected chi connectivity index (χ1v) is 6.44. The Balaban J connectivity index is 2.27. The summed E-state index contributed by atoms with van der Waals surface area (Å²) >= 11 is 0. The predicted molar refractivity (Wildman–Crippen MR) is 77.7 cm³/mol. The van der Waals surface area contributed by atoms with Crippen LogP contribution in [-0.4, -0.2) is 29.1 Å². The number of hydrogen-bond acceptors (Lipinski definition) is 3. The highest BCUT2D eigenvalue weighted by Crippen LogP contribution is 2.22. The monoisotopic (exact) mass is 256 g/mol. The van der Waals surface area contributed by atoms with Crippen LogP contribution in [-0.2, 0) is 6.61 Å². The van der Waals surface area contributed by atoms with Crippen molar-refractivity contribution in [1.29, 1.82) is 0 Å². The lowest BCUT2D eigenvalue weighted by atomic mass is 10.0. The lowest BCUT2D eigenvalue weighted by molar-refractivity contribution is 0.282. The molecule has 100 valence electrons. The summed E-state index contributed by atoms with van der Waals surface area (Å²) in [6.45, 7) is 2.23. The molecule has 1 aromatic carbocycles. The maximum absolute atomic E-state index is 9.15. The number of rotatable bonds is 4. The number of aromatic nitrogens is 1. The molecule has 1 heterocycles. The molecule has 3 heteroatoms. The molecule has 0 amide bonds. The van der Waals surface area contributed by atoms with Crippen LogP contribution in [0.15, 0.2) is 42.6 Å². The third-order valence-corrected chi connectivity index (χ3v) is 3.47. The van der Waals surface area contributed by atoms with Crippen molar-refractivity contribution in [2.45, 2.75) is 19.6 Å². The van der Waals surface area contributed by atoms with Crippen molar-refractivity contribution in [2.75, 3.05) is 14.1 Å². The van der Waals surface area contributed by atoms with Crippen molar-refractivity contribution in [3.8, 4) is 11.3 Å². The summed E-state index contributed by atoms with van der Waals surface area (Å²) in [6.07, 6.45) is 1.73. The van der Waals surface area contributed by atoms with Crippen LogP contribution in [0.1, 0.15) is 24.1 Å². The molecule has 0 aliphatic heterocycles. The molecule has 0 bridgehead atoms. The minimum Gasteiger partial charge on any atom is -0.392 e. The minimum absolute atomic E-state index is 0.0469. The van der Waals surface area contributed by atoms with E-state index in [2.05, 4.69) is 55.2 Å². The Labute approximate surface area is 114 Å². The smallest absolute Gasteiger partial charge is 0.0705 e. The fraction of sp³-hybridized carbons (Fsp3) is 0.312. The fourth-order valence-corrected chi connectivity index (χ4v) is 1.96. The van der Waals surface area contributed by atoms with Gasteiger partial charge >= 0.3 is 0 Å². The van der Waals surface area contributed by atoms with Gasteiger partial charge in [-0.25, -0.2) is 0 Å². The van der Waals surface area contributed by atoms with Crippen LogP contribution in [0, 0.1) is 0 Å². The van der Waals surface area contributed by atoms with Gasteiger partial charge in [-0.2, -0.15) is 0 Å². The Morgan fingerprint density at radius 1 is 1.16 bits per heavy atom. The predicted octanol–water partition coefficient (Wildman–Crippen LogP) is 2.86. The number of hydrogen-bond donors (Lipinski definition) is 1. The van der Waals surface area contributed by atoms with Crippen LogP contribution in [0.2, 0.25) is 0 Å². The molecular weight excluding hydrogens is 236 g/mol. The van der Waals surface area contributed by atoms with Gasteiger partial charge < -0.3 is 10.0 Å². The summed E-state index contributed by atoms with van der Waals surface area (Å²) in [4.78, 5) is 6.53. The molecule has 0 saturated heterocycles. The molecule has 0 saturated carbocycles. The van der Waals surface area contributed by atoms with E-state index < -0.39 is 0 Å². The van der Waals surface area contributed by atoms with Crippen molar-refractivity contribution in [1.82, 2.24) is 9.88 Å². The van der Waals surface area contributed by atoms with Gasteiger partial charge in [0.15, 0.2) is 0 Å². The van der Waals surface area contributed by atoms with Crippen molar-refractivity contribution in [3.63, 3.8) is 0 Å². The van der Waals surface area contributed by atoms with Crippen molar-refractivity contribution < 1.29 is 5.11 Å². The molecule has 1 N–H and O–H groups in total. The third kappa shape index (κ3) is 3.19. The van der Waals surface area contributed by atoms with E-state index in [1.807, 2.05) is 12.1 Å². The quantitative estimate of drug-likeness (QED) is 0.913. The summed E-state index contributed by atoms with van der Waals surface area (Å²) in [7, 11) is 4.15. The molecule has 0 unspecified atom stereocenters. The summed E-state index contributed by atoms with van der Waals surface area (Å²) < 4.78 is 0. The Hall–Kier alpha value is -1.71. The second kappa shape index (κ2) is 5.95. The highest BCUT2D eigenvalue weighted by atomic mass is 16.3. The third-order valence-electron chi connectivity index (χ3n) is 3.47. The number of aliphatic hydroxyl groups is 1. The summed E-state index contributed by atoms with van der Waals surface area (Å²) in [6, 6.07) is 12.6. The average Bonchev–Trinajstić information content (AvgIpc) is 2.46. The van der Waals surface area contributed by atoms with E-state index in [-0.39, 0.29) is 6.61 Å². The first-order chi connectivity index (χ1) is 9.11. The van der Waals surface area contributed by atoms with Crippen LogP contribution in [0.4, 0.5) is 0 Å². The number of pyridine rings is 1. The molecule has 0 aliphatic carbocycles. The van der Waals surface area contributed by atoms with Crippen LogP contribution in [0.3, 0.4) is 0 Å². The fourth-order valence-electron chi connectivity index (χ4n) is 1.96. The zero-order valence-electron chi connectivity index (χ0n) is 11.7. The van der Waals surface area contributed by atoms with Crippen molar-refractivity contribution in [2.24, 2.45) is 0 Å². The van der Waals surface area contributed by atoms with Gasteiger partial charge in [-0.3, -0.25) is 4.98 Å². The molecule has 2 aromatic rings. The molecule has 19 heavy (non-hydrogen) atoms.